The molecule has 8 heteroatoms. The van der Waals surface area contributed by atoms with Crippen LogP contribution in [0.15, 0.2) is 22.5 Å². The van der Waals surface area contributed by atoms with E-state index in [0.29, 0.717) is 13.0 Å². The van der Waals surface area contributed by atoms with Gasteiger partial charge in [-0.15, -0.1) is 10.2 Å². The van der Waals surface area contributed by atoms with Crippen LogP contribution in [0.5, 0.6) is 0 Å². The molecule has 0 saturated heterocycles. The normalized spacial score (nSPS) is 10.4. The highest BCUT2D eigenvalue weighted by Crippen LogP contribution is 2.27. The van der Waals surface area contributed by atoms with Gasteiger partial charge in [-0.25, -0.2) is 0 Å². The first-order valence-electron chi connectivity index (χ1n) is 8.50. The Morgan fingerprint density at radius 2 is 2.15 bits per heavy atom. The van der Waals surface area contributed by atoms with Crippen LogP contribution in [0.3, 0.4) is 0 Å². The number of nitrogens with one attached hydrogen (secondary N) is 1. The first kappa shape index (κ1) is 20.2. The van der Waals surface area contributed by atoms with E-state index in [0.717, 1.165) is 33.7 Å². The SMILES string of the molecule is CCCNc1nnc(SCC(=O)N(CCC#N)c2ccc(C)c(C)c2)s1. The summed E-state index contributed by atoms with van der Waals surface area (Å²) in [6, 6.07) is 8.04. The van der Waals surface area contributed by atoms with E-state index < -0.39 is 0 Å². The molecule has 6 nitrogen and oxygen atoms in total. The van der Waals surface area contributed by atoms with Crippen molar-refractivity contribution < 1.29 is 4.79 Å². The van der Waals surface area contributed by atoms with Crippen LogP contribution in [-0.2, 0) is 4.79 Å². The summed E-state index contributed by atoms with van der Waals surface area (Å²) in [6.07, 6.45) is 1.32. The number of rotatable bonds is 9. The molecule has 1 amide bonds. The highest BCUT2D eigenvalue weighted by molar-refractivity contribution is 8.01. The summed E-state index contributed by atoms with van der Waals surface area (Å²) in [7, 11) is 0. The van der Waals surface area contributed by atoms with Crippen molar-refractivity contribution in [3.8, 4) is 6.07 Å². The average Bonchev–Trinajstić information content (AvgIpc) is 3.09. The molecule has 1 aromatic carbocycles. The van der Waals surface area contributed by atoms with Crippen molar-refractivity contribution in [2.45, 2.75) is 38.0 Å². The summed E-state index contributed by atoms with van der Waals surface area (Å²) in [4.78, 5) is 14.4. The molecular weight excluding hydrogens is 366 g/mol. The third-order valence-electron chi connectivity index (χ3n) is 3.80. The molecule has 1 N–H and O–H groups in total. The third kappa shape index (κ3) is 5.71. The molecule has 0 bridgehead atoms. The number of carbonyl (C=O) groups excluding carboxylic acids is 1. The maximum absolute atomic E-state index is 12.7. The molecular formula is C18H23N5OS2. The zero-order chi connectivity index (χ0) is 18.9. The van der Waals surface area contributed by atoms with E-state index >= 15 is 0 Å². The Morgan fingerprint density at radius 1 is 1.35 bits per heavy atom. The molecule has 26 heavy (non-hydrogen) atoms. The molecule has 1 aromatic heterocycles. The number of benzene rings is 1. The lowest BCUT2D eigenvalue weighted by Crippen LogP contribution is -2.33. The van der Waals surface area contributed by atoms with Crippen LogP contribution in [0.1, 0.15) is 30.9 Å². The lowest BCUT2D eigenvalue weighted by molar-refractivity contribution is -0.116. The Morgan fingerprint density at radius 3 is 2.85 bits per heavy atom. The summed E-state index contributed by atoms with van der Waals surface area (Å²) in [5.74, 6) is 0.229. The van der Waals surface area contributed by atoms with Crippen molar-refractivity contribution in [1.82, 2.24) is 10.2 Å². The predicted molar refractivity (Wildman–Crippen MR) is 108 cm³/mol. The second-order valence-electron chi connectivity index (χ2n) is 5.81. The van der Waals surface area contributed by atoms with Gasteiger partial charge < -0.3 is 10.2 Å². The van der Waals surface area contributed by atoms with Gasteiger partial charge in [0.25, 0.3) is 0 Å². The van der Waals surface area contributed by atoms with E-state index in [1.165, 1.54) is 28.7 Å². The van der Waals surface area contributed by atoms with Crippen LogP contribution in [0, 0.1) is 25.2 Å². The molecule has 138 valence electrons. The van der Waals surface area contributed by atoms with Crippen molar-refractivity contribution in [2.24, 2.45) is 0 Å². The predicted octanol–water partition coefficient (Wildman–Crippen LogP) is 4.02. The summed E-state index contributed by atoms with van der Waals surface area (Å²) in [5.41, 5.74) is 3.13. The number of amides is 1. The second kappa shape index (κ2) is 10.1. The molecule has 2 aromatic rings. The average molecular weight is 390 g/mol. The van der Waals surface area contributed by atoms with E-state index in [2.05, 4.69) is 28.5 Å². The van der Waals surface area contributed by atoms with E-state index in [1.807, 2.05) is 32.0 Å². The zero-order valence-electron chi connectivity index (χ0n) is 15.3. The highest BCUT2D eigenvalue weighted by Gasteiger charge is 2.17. The van der Waals surface area contributed by atoms with Gasteiger partial charge in [0.1, 0.15) is 0 Å². The van der Waals surface area contributed by atoms with E-state index in [1.54, 1.807) is 4.90 Å². The Kier molecular flexibility index (Phi) is 7.88. The molecule has 0 aliphatic rings. The maximum Gasteiger partial charge on any atom is 0.237 e. The van der Waals surface area contributed by atoms with Crippen LogP contribution in [0.4, 0.5) is 10.8 Å². The Balaban J connectivity index is 2.03. The monoisotopic (exact) mass is 389 g/mol. The molecule has 0 atom stereocenters. The van der Waals surface area contributed by atoms with E-state index in [4.69, 9.17) is 5.26 Å². The molecule has 0 radical (unpaired) electrons. The fourth-order valence-corrected chi connectivity index (χ4v) is 3.88. The second-order valence-corrected chi connectivity index (χ2v) is 8.01. The number of aryl methyl sites for hydroxylation is 2. The third-order valence-corrected chi connectivity index (χ3v) is 5.80. The molecule has 0 aliphatic heterocycles. The van der Waals surface area contributed by atoms with Crippen molar-refractivity contribution in [3.05, 3.63) is 29.3 Å². The smallest absolute Gasteiger partial charge is 0.237 e. The Labute approximate surface area is 162 Å². The minimum absolute atomic E-state index is 0.0354. The molecule has 2 rings (SSSR count). The minimum Gasteiger partial charge on any atom is -0.360 e. The van der Waals surface area contributed by atoms with Gasteiger partial charge in [0.05, 0.1) is 18.2 Å². The summed E-state index contributed by atoms with van der Waals surface area (Å²) in [5, 5.41) is 21.1. The standard InChI is InChI=1S/C18H23N5OS2/c1-4-9-20-17-21-22-18(26-17)25-12-16(24)23(10-5-8-19)15-7-6-13(2)14(3)11-15/h6-7,11H,4-5,9-10,12H2,1-3H3,(H,20,21). The topological polar surface area (TPSA) is 81.9 Å². The van der Waals surface area contributed by atoms with Gasteiger partial charge in [0, 0.05) is 18.8 Å². The molecule has 0 aliphatic carbocycles. The minimum atomic E-state index is -0.0354. The largest absolute Gasteiger partial charge is 0.360 e. The van der Waals surface area contributed by atoms with Crippen molar-refractivity contribution in [2.75, 3.05) is 29.1 Å². The van der Waals surface area contributed by atoms with E-state index in [9.17, 15) is 4.79 Å². The fourth-order valence-electron chi connectivity index (χ4n) is 2.23. The number of carbonyl (C=O) groups is 1. The quantitative estimate of drug-likeness (QED) is 0.653. The fraction of sp³-hybridized carbons (Fsp3) is 0.444. The van der Waals surface area contributed by atoms with Crippen molar-refractivity contribution >= 4 is 39.8 Å². The summed E-state index contributed by atoms with van der Waals surface area (Å²) >= 11 is 2.83. The summed E-state index contributed by atoms with van der Waals surface area (Å²) in [6.45, 7) is 7.39. The number of nitriles is 1. The molecule has 0 spiro atoms. The Bertz CT molecular complexity index is 784. The van der Waals surface area contributed by atoms with E-state index in [-0.39, 0.29) is 11.7 Å². The van der Waals surface area contributed by atoms with Gasteiger partial charge in [-0.1, -0.05) is 36.1 Å². The number of thioether (sulfide) groups is 1. The van der Waals surface area contributed by atoms with Crippen molar-refractivity contribution in [1.29, 1.82) is 5.26 Å². The van der Waals surface area contributed by atoms with Gasteiger partial charge >= 0.3 is 0 Å². The van der Waals surface area contributed by atoms with Crippen LogP contribution < -0.4 is 10.2 Å². The molecule has 0 saturated carbocycles. The van der Waals surface area contributed by atoms with Gasteiger partial charge in [0.15, 0.2) is 4.34 Å². The number of nitrogens with zero attached hydrogens (tertiary/aromatic N) is 4. The first-order chi connectivity index (χ1) is 12.5. The lowest BCUT2D eigenvalue weighted by atomic mass is 10.1. The van der Waals surface area contributed by atoms with Gasteiger partial charge in [-0.05, 0) is 43.5 Å². The Hall–Kier alpha value is -2.11. The molecule has 1 heterocycles. The van der Waals surface area contributed by atoms with Crippen LogP contribution in [-0.4, -0.2) is 34.9 Å². The summed E-state index contributed by atoms with van der Waals surface area (Å²) < 4.78 is 0.761. The van der Waals surface area contributed by atoms with Crippen molar-refractivity contribution in [3.63, 3.8) is 0 Å². The maximum atomic E-state index is 12.7. The zero-order valence-corrected chi connectivity index (χ0v) is 16.9. The number of aromatic nitrogens is 2. The number of hydrogen-bond donors (Lipinski definition) is 1. The van der Waals surface area contributed by atoms with Crippen LogP contribution in [0.25, 0.3) is 0 Å². The number of anilines is 2. The van der Waals surface area contributed by atoms with Crippen LogP contribution in [0.2, 0.25) is 0 Å². The first-order valence-corrected chi connectivity index (χ1v) is 10.3. The lowest BCUT2D eigenvalue weighted by Gasteiger charge is -2.22. The molecule has 0 unspecified atom stereocenters. The van der Waals surface area contributed by atoms with Gasteiger partial charge in [-0.3, -0.25) is 4.79 Å². The van der Waals surface area contributed by atoms with Gasteiger partial charge in [-0.2, -0.15) is 5.26 Å². The molecule has 0 fully saturated rings. The van der Waals surface area contributed by atoms with Gasteiger partial charge in [0.2, 0.25) is 11.0 Å². The van der Waals surface area contributed by atoms with Crippen LogP contribution >= 0.6 is 23.1 Å². The highest BCUT2D eigenvalue weighted by atomic mass is 32.2. The number of hydrogen-bond acceptors (Lipinski definition) is 7.